The predicted molar refractivity (Wildman–Crippen MR) is 167 cm³/mol. The quantitative estimate of drug-likeness (QED) is 0.238. The smallest absolute Gasteiger partial charge is 0.336 e. The fourth-order valence-corrected chi connectivity index (χ4v) is 6.13. The molecule has 218 valence electrons. The van der Waals surface area contributed by atoms with Gasteiger partial charge in [-0.1, -0.05) is 29.8 Å². The van der Waals surface area contributed by atoms with E-state index >= 15 is 0 Å². The van der Waals surface area contributed by atoms with Crippen molar-refractivity contribution in [3.8, 4) is 11.3 Å². The lowest BCUT2D eigenvalue weighted by Crippen LogP contribution is -2.38. The first kappa shape index (κ1) is 28.5. The summed E-state index contributed by atoms with van der Waals surface area (Å²) in [4.78, 5) is 51.8. The van der Waals surface area contributed by atoms with E-state index in [0.717, 1.165) is 66.3 Å². The first-order valence-electron chi connectivity index (χ1n) is 14.1. The minimum absolute atomic E-state index is 0.239. The Kier molecular flexibility index (Phi) is 8.17. The Balaban J connectivity index is 1.12. The molecule has 0 radical (unpaired) electrons. The summed E-state index contributed by atoms with van der Waals surface area (Å²) in [6.45, 7) is 4.93. The largest absolute Gasteiger partial charge is 0.478 e. The fraction of sp³-hybridized carbons (Fsp3) is 0.250. The van der Waals surface area contributed by atoms with Gasteiger partial charge in [-0.3, -0.25) is 14.9 Å². The maximum atomic E-state index is 12.1. The summed E-state index contributed by atoms with van der Waals surface area (Å²) >= 11 is 0.869. The molecule has 0 bridgehead atoms. The minimum Gasteiger partial charge on any atom is -0.478 e. The van der Waals surface area contributed by atoms with Crippen LogP contribution in [0.4, 0.5) is 10.7 Å². The van der Waals surface area contributed by atoms with Crippen LogP contribution in [-0.2, 0) is 11.3 Å². The van der Waals surface area contributed by atoms with E-state index in [1.54, 1.807) is 24.4 Å². The molecule has 3 N–H and O–H groups in total. The average molecular weight is 595 g/mol. The van der Waals surface area contributed by atoms with Gasteiger partial charge in [-0.05, 0) is 86.0 Å². The van der Waals surface area contributed by atoms with Crippen LogP contribution in [0.2, 0.25) is 0 Å². The van der Waals surface area contributed by atoms with Gasteiger partial charge in [0.15, 0.2) is 0 Å². The number of anilines is 1. The van der Waals surface area contributed by atoms with Crippen LogP contribution in [0.1, 0.15) is 40.0 Å². The minimum atomic E-state index is -0.972. The van der Waals surface area contributed by atoms with Gasteiger partial charge in [0.25, 0.3) is 11.1 Å². The summed E-state index contributed by atoms with van der Waals surface area (Å²) in [5.41, 5.74) is 4.90. The number of carbonyl (C=O) groups is 3. The molecular weight excluding hydrogens is 564 g/mol. The summed E-state index contributed by atoms with van der Waals surface area (Å²) in [7, 11) is 0. The number of carboxylic acids is 1. The molecule has 2 aliphatic rings. The zero-order chi connectivity index (χ0) is 29.9. The Labute approximate surface area is 252 Å². The van der Waals surface area contributed by atoms with Crippen molar-refractivity contribution >= 4 is 51.8 Å². The van der Waals surface area contributed by atoms with Gasteiger partial charge in [0.1, 0.15) is 0 Å². The van der Waals surface area contributed by atoms with Crippen molar-refractivity contribution in [2.45, 2.75) is 26.3 Å². The molecule has 2 amide bonds. The van der Waals surface area contributed by atoms with E-state index in [0.29, 0.717) is 40.3 Å². The van der Waals surface area contributed by atoms with Crippen LogP contribution in [0.3, 0.4) is 0 Å². The highest BCUT2D eigenvalue weighted by Gasteiger charge is 2.26. The lowest BCUT2D eigenvalue weighted by atomic mass is 9.95. The summed E-state index contributed by atoms with van der Waals surface area (Å²) in [6, 6.07) is 17.1. The molecule has 4 heterocycles. The van der Waals surface area contributed by atoms with Crippen LogP contribution in [0.5, 0.6) is 0 Å². The van der Waals surface area contributed by atoms with E-state index in [1.165, 1.54) is 0 Å². The summed E-state index contributed by atoms with van der Waals surface area (Å²) < 4.78 is 0. The molecule has 43 heavy (non-hydrogen) atoms. The molecule has 4 aromatic rings. The molecule has 2 aromatic heterocycles. The Hall–Kier alpha value is -4.61. The van der Waals surface area contributed by atoms with E-state index in [-0.39, 0.29) is 10.8 Å². The Bertz CT molecular complexity index is 1770. The first-order chi connectivity index (χ1) is 20.8. The molecule has 2 saturated heterocycles. The van der Waals surface area contributed by atoms with Crippen molar-refractivity contribution in [3.63, 3.8) is 0 Å². The lowest BCUT2D eigenvalue weighted by molar-refractivity contribution is -0.115. The molecule has 2 aromatic carbocycles. The van der Waals surface area contributed by atoms with Crippen molar-refractivity contribution in [2.24, 2.45) is 5.92 Å². The zero-order valence-corrected chi connectivity index (χ0v) is 24.4. The van der Waals surface area contributed by atoms with Gasteiger partial charge in [0.05, 0.1) is 27.4 Å². The molecule has 6 rings (SSSR count). The molecule has 0 unspecified atom stereocenters. The molecule has 10 nitrogen and oxygen atoms in total. The van der Waals surface area contributed by atoms with Crippen LogP contribution in [-0.4, -0.2) is 56.8 Å². The molecule has 2 fully saturated rings. The number of aryl methyl sites for hydroxylation is 1. The number of piperidine rings is 1. The monoisotopic (exact) mass is 594 g/mol. The maximum Gasteiger partial charge on any atom is 0.336 e. The van der Waals surface area contributed by atoms with E-state index < -0.39 is 11.9 Å². The molecule has 0 spiro atoms. The Morgan fingerprint density at radius 1 is 1.12 bits per heavy atom. The SMILES string of the molecule is Cc1ccc(C(=O)O)c(-c2nc3ccccc3cc2CNCC2CCN(c3nccc(/C=C4\SC(=O)NC4=O)n3)CC2)c1. The number of carbonyl (C=O) groups excluding carboxylic acids is 2. The van der Waals surface area contributed by atoms with Crippen molar-refractivity contribution in [2.75, 3.05) is 24.5 Å². The highest BCUT2D eigenvalue weighted by molar-refractivity contribution is 8.18. The van der Waals surface area contributed by atoms with Crippen LogP contribution in [0.25, 0.3) is 28.2 Å². The number of nitrogens with one attached hydrogen (secondary N) is 2. The maximum absolute atomic E-state index is 12.1. The number of pyridine rings is 1. The number of para-hydroxylation sites is 1. The van der Waals surface area contributed by atoms with E-state index in [4.69, 9.17) is 4.98 Å². The zero-order valence-electron chi connectivity index (χ0n) is 23.5. The molecule has 11 heteroatoms. The second-order valence-corrected chi connectivity index (χ2v) is 11.8. The van der Waals surface area contributed by atoms with Crippen molar-refractivity contribution in [1.82, 2.24) is 25.6 Å². The second kappa shape index (κ2) is 12.3. The first-order valence-corrected chi connectivity index (χ1v) is 14.9. The predicted octanol–water partition coefficient (Wildman–Crippen LogP) is 5.03. The number of fused-ring (bicyclic) bond motifs is 1. The summed E-state index contributed by atoms with van der Waals surface area (Å²) in [5.74, 6) is -0.317. The summed E-state index contributed by atoms with van der Waals surface area (Å²) in [5, 5.41) is 16.4. The van der Waals surface area contributed by atoms with Crippen molar-refractivity contribution in [1.29, 1.82) is 0 Å². The number of imide groups is 1. The van der Waals surface area contributed by atoms with Gasteiger partial charge < -0.3 is 15.3 Å². The number of amides is 2. The highest BCUT2D eigenvalue weighted by Crippen LogP contribution is 2.30. The lowest BCUT2D eigenvalue weighted by Gasteiger charge is -2.32. The number of hydrogen-bond donors (Lipinski definition) is 3. The summed E-state index contributed by atoms with van der Waals surface area (Å²) in [6.07, 6.45) is 5.19. The third kappa shape index (κ3) is 6.42. The standard InChI is InChI=1S/C32H30N6O4S/c1-19-6-7-24(30(40)41)25(14-19)28-22(15-21-4-2-3-5-26(21)36-28)18-33-17-20-9-12-38(13-10-20)31-34-11-8-23(35-31)16-27-29(39)37-32(42)43-27/h2-8,11,14-16,20,33H,9-10,12-13,17-18H2,1H3,(H,40,41)(H,37,39,42)/b27-16-. The van der Waals surface area contributed by atoms with Crippen molar-refractivity contribution in [3.05, 3.63) is 88.1 Å². The van der Waals surface area contributed by atoms with Crippen LogP contribution in [0, 0.1) is 12.8 Å². The Morgan fingerprint density at radius 3 is 2.70 bits per heavy atom. The normalized spacial score (nSPS) is 16.7. The van der Waals surface area contributed by atoms with Gasteiger partial charge in [-0.25, -0.2) is 19.7 Å². The fourth-order valence-electron chi connectivity index (χ4n) is 5.47. The third-order valence-corrected chi connectivity index (χ3v) is 8.51. The van der Waals surface area contributed by atoms with Gasteiger partial charge in [-0.2, -0.15) is 0 Å². The Morgan fingerprint density at radius 2 is 1.93 bits per heavy atom. The van der Waals surface area contributed by atoms with Crippen molar-refractivity contribution < 1.29 is 19.5 Å². The van der Waals surface area contributed by atoms with E-state index in [9.17, 15) is 19.5 Å². The molecule has 0 atom stereocenters. The third-order valence-electron chi connectivity index (χ3n) is 7.69. The van der Waals surface area contributed by atoms with Gasteiger partial charge in [0, 0.05) is 36.8 Å². The number of aromatic nitrogens is 3. The number of carboxylic acid groups (broad SMARTS) is 1. The number of nitrogens with zero attached hydrogens (tertiary/aromatic N) is 4. The second-order valence-electron chi connectivity index (χ2n) is 10.7. The number of benzene rings is 2. The highest BCUT2D eigenvalue weighted by atomic mass is 32.2. The molecule has 0 aliphatic carbocycles. The average Bonchev–Trinajstić information content (AvgIpc) is 3.32. The van der Waals surface area contributed by atoms with Crippen LogP contribution in [0.15, 0.2) is 65.7 Å². The topological polar surface area (TPSA) is 137 Å². The number of hydrogen-bond acceptors (Lipinski definition) is 9. The molecule has 0 saturated carbocycles. The van der Waals surface area contributed by atoms with Gasteiger partial charge >= 0.3 is 5.97 Å². The van der Waals surface area contributed by atoms with Crippen LogP contribution >= 0.6 is 11.8 Å². The molecular formula is C32H30N6O4S. The van der Waals surface area contributed by atoms with Gasteiger partial charge in [0.2, 0.25) is 5.95 Å². The van der Waals surface area contributed by atoms with E-state index in [1.807, 2.05) is 43.3 Å². The number of thioether (sulfide) groups is 1. The van der Waals surface area contributed by atoms with Crippen LogP contribution < -0.4 is 15.5 Å². The molecule has 2 aliphatic heterocycles. The van der Waals surface area contributed by atoms with E-state index in [2.05, 4.69) is 31.6 Å². The van der Waals surface area contributed by atoms with Gasteiger partial charge in [-0.15, -0.1) is 0 Å². The number of rotatable bonds is 8. The number of aromatic carboxylic acids is 1.